The summed E-state index contributed by atoms with van der Waals surface area (Å²) in [7, 11) is -0.219. The van der Waals surface area contributed by atoms with Crippen LogP contribution in [0.25, 0.3) is 0 Å². The van der Waals surface area contributed by atoms with Gasteiger partial charge < -0.3 is 5.32 Å². The van der Waals surface area contributed by atoms with Crippen LogP contribution in [0, 0.1) is 5.92 Å². The highest BCUT2D eigenvalue weighted by Gasteiger charge is 2.38. The molecule has 6 nitrogen and oxygen atoms in total. The fourth-order valence-corrected chi connectivity index (χ4v) is 3.70. The summed E-state index contributed by atoms with van der Waals surface area (Å²) in [5, 5.41) is 2.95. The number of carbonyl (C=O) groups is 1. The van der Waals surface area contributed by atoms with Crippen molar-refractivity contribution in [3.8, 4) is 0 Å². The van der Waals surface area contributed by atoms with Crippen LogP contribution in [-0.4, -0.2) is 56.2 Å². The smallest absolute Gasteiger partial charge is 0.281 e. The summed E-state index contributed by atoms with van der Waals surface area (Å²) in [6, 6.07) is 0.157. The fraction of sp³-hybridized carbons (Fsp3) is 0.900. The summed E-state index contributed by atoms with van der Waals surface area (Å²) in [5.41, 5.74) is 0. The van der Waals surface area contributed by atoms with Gasteiger partial charge in [0.1, 0.15) is 0 Å². The maximum Gasteiger partial charge on any atom is 0.281 e. The highest BCUT2D eigenvalue weighted by atomic mass is 32.2. The summed E-state index contributed by atoms with van der Waals surface area (Å²) in [5.74, 6) is 0.353. The third kappa shape index (κ3) is 2.46. The van der Waals surface area contributed by atoms with E-state index in [1.165, 1.54) is 8.61 Å². The molecule has 2 fully saturated rings. The Morgan fingerprint density at radius 3 is 2.71 bits per heavy atom. The van der Waals surface area contributed by atoms with E-state index in [2.05, 4.69) is 5.32 Å². The van der Waals surface area contributed by atoms with Crippen LogP contribution in [0.15, 0.2) is 0 Å². The van der Waals surface area contributed by atoms with Gasteiger partial charge in [-0.3, -0.25) is 4.79 Å². The predicted octanol–water partition coefficient (Wildman–Crippen LogP) is -0.607. The average molecular weight is 261 g/mol. The van der Waals surface area contributed by atoms with Gasteiger partial charge in [-0.05, 0) is 18.8 Å². The van der Waals surface area contributed by atoms with Crippen LogP contribution >= 0.6 is 0 Å². The Kier molecular flexibility index (Phi) is 3.42. The van der Waals surface area contributed by atoms with Crippen molar-refractivity contribution in [2.75, 3.05) is 27.2 Å². The first-order valence-electron chi connectivity index (χ1n) is 5.88. The SMILES string of the molecule is CN(C)S(=O)(=O)N1CCC2NC(=O)CCC2C1. The van der Waals surface area contributed by atoms with E-state index in [0.29, 0.717) is 25.9 Å². The quantitative estimate of drug-likeness (QED) is 0.721. The Hall–Kier alpha value is -0.660. The van der Waals surface area contributed by atoms with Crippen LogP contribution < -0.4 is 5.32 Å². The fourth-order valence-electron chi connectivity index (χ4n) is 2.52. The number of nitrogens with zero attached hydrogens (tertiary/aromatic N) is 2. The minimum absolute atomic E-state index is 0.0927. The van der Waals surface area contributed by atoms with Gasteiger partial charge in [0.2, 0.25) is 5.91 Å². The van der Waals surface area contributed by atoms with Gasteiger partial charge in [-0.25, -0.2) is 0 Å². The second-order valence-electron chi connectivity index (χ2n) is 4.91. The van der Waals surface area contributed by atoms with Crippen LogP contribution in [0.1, 0.15) is 19.3 Å². The van der Waals surface area contributed by atoms with Crippen molar-refractivity contribution in [2.45, 2.75) is 25.3 Å². The third-order valence-corrected chi connectivity index (χ3v) is 5.48. The van der Waals surface area contributed by atoms with E-state index in [4.69, 9.17) is 0 Å². The molecular weight excluding hydrogens is 242 g/mol. The molecule has 2 saturated heterocycles. The van der Waals surface area contributed by atoms with E-state index >= 15 is 0 Å². The molecule has 0 aromatic rings. The van der Waals surface area contributed by atoms with Crippen LogP contribution in [0.2, 0.25) is 0 Å². The molecule has 1 N–H and O–H groups in total. The van der Waals surface area contributed by atoms with Crippen LogP contribution in [0.4, 0.5) is 0 Å². The van der Waals surface area contributed by atoms with Crippen LogP contribution in [-0.2, 0) is 15.0 Å². The Morgan fingerprint density at radius 2 is 2.06 bits per heavy atom. The number of amides is 1. The average Bonchev–Trinajstić information content (AvgIpc) is 2.28. The second-order valence-corrected chi connectivity index (χ2v) is 7.05. The Morgan fingerprint density at radius 1 is 1.35 bits per heavy atom. The van der Waals surface area contributed by atoms with Crippen LogP contribution in [0.3, 0.4) is 0 Å². The highest BCUT2D eigenvalue weighted by Crippen LogP contribution is 2.27. The molecule has 0 radical (unpaired) electrons. The van der Waals surface area contributed by atoms with Gasteiger partial charge in [0.05, 0.1) is 0 Å². The molecule has 0 spiro atoms. The number of rotatable bonds is 2. The Labute approximate surface area is 102 Å². The zero-order valence-electron chi connectivity index (χ0n) is 10.2. The van der Waals surface area contributed by atoms with Crippen molar-refractivity contribution in [3.05, 3.63) is 0 Å². The van der Waals surface area contributed by atoms with E-state index in [0.717, 1.165) is 6.42 Å². The summed E-state index contributed by atoms with van der Waals surface area (Å²) < 4.78 is 26.7. The maximum atomic E-state index is 12.0. The topological polar surface area (TPSA) is 69.7 Å². The lowest BCUT2D eigenvalue weighted by Gasteiger charge is -2.41. The van der Waals surface area contributed by atoms with Crippen molar-refractivity contribution < 1.29 is 13.2 Å². The van der Waals surface area contributed by atoms with E-state index in [9.17, 15) is 13.2 Å². The van der Waals surface area contributed by atoms with Gasteiger partial charge in [0.15, 0.2) is 0 Å². The number of carbonyl (C=O) groups excluding carboxylic acids is 1. The molecule has 0 aliphatic carbocycles. The first-order chi connectivity index (χ1) is 7.91. The molecular formula is C10H19N3O3S. The molecule has 98 valence electrons. The predicted molar refractivity (Wildman–Crippen MR) is 63.5 cm³/mol. The minimum atomic E-state index is -3.31. The third-order valence-electron chi connectivity index (χ3n) is 3.57. The largest absolute Gasteiger partial charge is 0.353 e. The molecule has 0 saturated carbocycles. The lowest BCUT2D eigenvalue weighted by atomic mass is 9.86. The molecule has 7 heteroatoms. The van der Waals surface area contributed by atoms with E-state index in [1.807, 2.05) is 0 Å². The molecule has 0 aromatic heterocycles. The molecule has 2 atom stereocenters. The maximum absolute atomic E-state index is 12.0. The summed E-state index contributed by atoms with van der Waals surface area (Å²) >= 11 is 0. The van der Waals surface area contributed by atoms with E-state index in [1.54, 1.807) is 14.1 Å². The molecule has 17 heavy (non-hydrogen) atoms. The van der Waals surface area contributed by atoms with Gasteiger partial charge in [0, 0.05) is 39.6 Å². The van der Waals surface area contributed by atoms with Gasteiger partial charge in [-0.2, -0.15) is 17.0 Å². The summed E-state index contributed by atoms with van der Waals surface area (Å²) in [6.07, 6.45) is 2.01. The van der Waals surface area contributed by atoms with Gasteiger partial charge in [-0.1, -0.05) is 0 Å². The molecule has 0 aromatic carbocycles. The number of hydrogen-bond acceptors (Lipinski definition) is 3. The number of fused-ring (bicyclic) bond motifs is 1. The summed E-state index contributed by atoms with van der Waals surface area (Å²) in [4.78, 5) is 11.3. The molecule has 2 unspecified atom stereocenters. The van der Waals surface area contributed by atoms with Crippen molar-refractivity contribution in [3.63, 3.8) is 0 Å². The molecule has 2 aliphatic heterocycles. The molecule has 2 rings (SSSR count). The zero-order chi connectivity index (χ0) is 12.6. The lowest BCUT2D eigenvalue weighted by molar-refractivity contribution is -0.124. The summed E-state index contributed by atoms with van der Waals surface area (Å²) in [6.45, 7) is 1.01. The van der Waals surface area contributed by atoms with E-state index < -0.39 is 10.2 Å². The van der Waals surface area contributed by atoms with Gasteiger partial charge in [-0.15, -0.1) is 0 Å². The molecule has 2 aliphatic rings. The second kappa shape index (κ2) is 4.55. The molecule has 1 amide bonds. The standard InChI is InChI=1S/C10H19N3O3S/c1-12(2)17(15,16)13-6-5-9-8(7-13)3-4-10(14)11-9/h8-9H,3-7H2,1-2H3,(H,11,14). The zero-order valence-corrected chi connectivity index (χ0v) is 11.0. The number of nitrogens with one attached hydrogen (secondary N) is 1. The van der Waals surface area contributed by atoms with Crippen LogP contribution in [0.5, 0.6) is 0 Å². The van der Waals surface area contributed by atoms with Crippen molar-refractivity contribution in [1.82, 2.24) is 13.9 Å². The Bertz CT molecular complexity index is 407. The number of piperidine rings is 2. The van der Waals surface area contributed by atoms with Gasteiger partial charge in [0.25, 0.3) is 10.2 Å². The molecule has 0 bridgehead atoms. The first-order valence-corrected chi connectivity index (χ1v) is 7.28. The van der Waals surface area contributed by atoms with Crippen molar-refractivity contribution >= 4 is 16.1 Å². The Balaban J connectivity index is 2.06. The van der Waals surface area contributed by atoms with Crippen molar-refractivity contribution in [2.24, 2.45) is 5.92 Å². The van der Waals surface area contributed by atoms with Gasteiger partial charge >= 0.3 is 0 Å². The first kappa shape index (κ1) is 12.8. The normalized spacial score (nSPS) is 31.1. The highest BCUT2D eigenvalue weighted by molar-refractivity contribution is 7.86. The van der Waals surface area contributed by atoms with Crippen molar-refractivity contribution in [1.29, 1.82) is 0 Å². The molecule has 2 heterocycles. The monoisotopic (exact) mass is 261 g/mol. The lowest BCUT2D eigenvalue weighted by Crippen LogP contribution is -2.56. The number of hydrogen-bond donors (Lipinski definition) is 1. The van der Waals surface area contributed by atoms with E-state index in [-0.39, 0.29) is 17.9 Å². The minimum Gasteiger partial charge on any atom is -0.353 e.